The van der Waals surface area contributed by atoms with E-state index in [2.05, 4.69) is 10.1 Å². The number of hydrogen-bond donors (Lipinski definition) is 1. The molecule has 0 unspecified atom stereocenters. The average molecular weight is 398 g/mol. The number of ether oxygens (including phenoxy) is 2. The van der Waals surface area contributed by atoms with E-state index in [9.17, 15) is 14.4 Å². The van der Waals surface area contributed by atoms with Crippen LogP contribution in [0.4, 0.5) is 5.69 Å². The van der Waals surface area contributed by atoms with E-state index in [1.165, 1.54) is 29.8 Å². The van der Waals surface area contributed by atoms with Gasteiger partial charge in [0.2, 0.25) is 11.8 Å². The Bertz CT molecular complexity index is 914. The van der Waals surface area contributed by atoms with Crippen LogP contribution >= 0.6 is 11.8 Å². The molecule has 2 aromatic carbocycles. The summed E-state index contributed by atoms with van der Waals surface area (Å²) >= 11 is 1.19. The summed E-state index contributed by atoms with van der Waals surface area (Å²) in [5.41, 5.74) is 0.481. The van der Waals surface area contributed by atoms with Crippen molar-refractivity contribution in [2.45, 2.75) is 0 Å². The van der Waals surface area contributed by atoms with Gasteiger partial charge in [0.1, 0.15) is 12.3 Å². The molecule has 2 amide bonds. The van der Waals surface area contributed by atoms with Gasteiger partial charge < -0.3 is 14.8 Å². The number of thioether (sulfide) groups is 1. The number of nitrogens with zero attached hydrogens (tertiary/aromatic N) is 1. The molecule has 8 heteroatoms. The van der Waals surface area contributed by atoms with Crippen LogP contribution in [0.25, 0.3) is 0 Å². The van der Waals surface area contributed by atoms with Gasteiger partial charge in [-0.05, 0) is 24.3 Å². The molecule has 1 aliphatic heterocycles. The molecule has 2 aromatic rings. The number of benzene rings is 2. The van der Waals surface area contributed by atoms with Crippen molar-refractivity contribution >= 4 is 35.2 Å². The van der Waals surface area contributed by atoms with Crippen LogP contribution in [0.5, 0.6) is 11.5 Å². The van der Waals surface area contributed by atoms with Crippen LogP contribution in [0.15, 0.2) is 65.7 Å². The minimum Gasteiger partial charge on any atom is -0.466 e. The summed E-state index contributed by atoms with van der Waals surface area (Å²) in [4.78, 5) is 37.3. The predicted molar refractivity (Wildman–Crippen MR) is 106 cm³/mol. The Morgan fingerprint density at radius 3 is 2.61 bits per heavy atom. The van der Waals surface area contributed by atoms with E-state index in [1.807, 2.05) is 30.3 Å². The quantitative estimate of drug-likeness (QED) is 0.595. The molecule has 7 nitrogen and oxygen atoms in total. The fourth-order valence-corrected chi connectivity index (χ4v) is 3.40. The molecule has 0 atom stereocenters. The van der Waals surface area contributed by atoms with E-state index in [0.29, 0.717) is 22.2 Å². The molecule has 0 radical (unpaired) electrons. The highest BCUT2D eigenvalue weighted by atomic mass is 32.2. The highest BCUT2D eigenvalue weighted by Crippen LogP contribution is 2.31. The summed E-state index contributed by atoms with van der Waals surface area (Å²) in [5.74, 6) is 0.0567. The Hall–Kier alpha value is -3.26. The van der Waals surface area contributed by atoms with E-state index in [-0.39, 0.29) is 18.2 Å². The first-order valence-corrected chi connectivity index (χ1v) is 9.40. The number of nitrogens with one attached hydrogen (secondary N) is 1. The molecule has 0 saturated carbocycles. The molecule has 1 N–H and O–H groups in total. The minimum atomic E-state index is -0.579. The molecule has 0 spiro atoms. The van der Waals surface area contributed by atoms with E-state index < -0.39 is 11.9 Å². The molecule has 1 saturated heterocycles. The molecule has 144 valence electrons. The molecular weight excluding hydrogens is 380 g/mol. The lowest BCUT2D eigenvalue weighted by atomic mass is 10.2. The fourth-order valence-electron chi connectivity index (χ4n) is 2.47. The van der Waals surface area contributed by atoms with E-state index >= 15 is 0 Å². The molecular formula is C20H18N2O5S. The first-order valence-electron chi connectivity index (χ1n) is 8.41. The molecule has 0 bridgehead atoms. The van der Waals surface area contributed by atoms with E-state index in [0.717, 1.165) is 0 Å². The summed E-state index contributed by atoms with van der Waals surface area (Å²) in [7, 11) is 1.25. The van der Waals surface area contributed by atoms with Gasteiger partial charge in [0.05, 0.1) is 29.7 Å². The Balaban J connectivity index is 1.70. The van der Waals surface area contributed by atoms with Gasteiger partial charge in [-0.25, -0.2) is 4.79 Å². The first-order chi connectivity index (χ1) is 13.6. The number of para-hydroxylation sites is 3. The third-order valence-corrected chi connectivity index (χ3v) is 4.81. The Kier molecular flexibility index (Phi) is 6.33. The second kappa shape index (κ2) is 9.09. The summed E-state index contributed by atoms with van der Waals surface area (Å²) in [5, 5.41) is 3.15. The molecule has 1 heterocycles. The number of anilines is 1. The number of esters is 1. The monoisotopic (exact) mass is 398 g/mol. The van der Waals surface area contributed by atoms with Crippen LogP contribution in [0.2, 0.25) is 0 Å². The van der Waals surface area contributed by atoms with Crippen molar-refractivity contribution in [2.24, 2.45) is 0 Å². The zero-order valence-corrected chi connectivity index (χ0v) is 15.9. The number of amides is 2. The van der Waals surface area contributed by atoms with E-state index in [1.54, 1.807) is 24.3 Å². The van der Waals surface area contributed by atoms with Gasteiger partial charge in [-0.2, -0.15) is 0 Å². The SMILES string of the molecule is COC(=O)/C=C1/SCC(=O)N1CC(=O)Nc1ccccc1Oc1ccccc1. The summed E-state index contributed by atoms with van der Waals surface area (Å²) in [6.45, 7) is -0.214. The van der Waals surface area contributed by atoms with Crippen molar-refractivity contribution in [1.29, 1.82) is 0 Å². The number of carbonyl (C=O) groups excluding carboxylic acids is 3. The third-order valence-electron chi connectivity index (χ3n) is 3.79. The normalized spacial score (nSPS) is 14.8. The third kappa shape index (κ3) is 4.92. The maximum absolute atomic E-state index is 12.5. The second-order valence-electron chi connectivity index (χ2n) is 5.73. The van der Waals surface area contributed by atoms with Crippen molar-refractivity contribution in [2.75, 3.05) is 24.7 Å². The lowest BCUT2D eigenvalue weighted by Gasteiger charge is -2.17. The van der Waals surface area contributed by atoms with Crippen LogP contribution in [0, 0.1) is 0 Å². The van der Waals surface area contributed by atoms with Crippen molar-refractivity contribution in [3.8, 4) is 11.5 Å². The van der Waals surface area contributed by atoms with Gasteiger partial charge in [-0.15, -0.1) is 0 Å². The van der Waals surface area contributed by atoms with Gasteiger partial charge in [0, 0.05) is 0 Å². The van der Waals surface area contributed by atoms with Crippen LogP contribution in [-0.2, 0) is 19.1 Å². The zero-order chi connectivity index (χ0) is 19.9. The Labute approximate surface area is 166 Å². The van der Waals surface area contributed by atoms with Gasteiger partial charge in [0.25, 0.3) is 0 Å². The molecule has 1 fully saturated rings. The smallest absolute Gasteiger partial charge is 0.333 e. The van der Waals surface area contributed by atoms with Crippen LogP contribution in [-0.4, -0.2) is 42.1 Å². The summed E-state index contributed by atoms with van der Waals surface area (Å²) in [6, 6.07) is 16.2. The molecule has 3 rings (SSSR count). The standard InChI is InChI=1S/C20H18N2O5S/c1-26-20(25)11-19-22(18(24)13-28-19)12-17(23)21-15-9-5-6-10-16(15)27-14-7-3-2-4-8-14/h2-11H,12-13H2,1H3,(H,21,23)/b19-11+. The summed E-state index contributed by atoms with van der Waals surface area (Å²) in [6.07, 6.45) is 1.20. The van der Waals surface area contributed by atoms with Crippen molar-refractivity contribution in [3.05, 3.63) is 65.7 Å². The molecule has 0 aliphatic carbocycles. The lowest BCUT2D eigenvalue weighted by Crippen LogP contribution is -2.34. The topological polar surface area (TPSA) is 84.9 Å². The fraction of sp³-hybridized carbons (Fsp3) is 0.150. The minimum absolute atomic E-state index is 0.170. The zero-order valence-electron chi connectivity index (χ0n) is 15.1. The lowest BCUT2D eigenvalue weighted by molar-refractivity contribution is -0.135. The van der Waals surface area contributed by atoms with Gasteiger partial charge in [-0.1, -0.05) is 42.1 Å². The van der Waals surface area contributed by atoms with Crippen molar-refractivity contribution in [3.63, 3.8) is 0 Å². The number of methoxy groups -OCH3 is 1. The number of carbonyl (C=O) groups is 3. The number of rotatable bonds is 6. The Morgan fingerprint density at radius 1 is 1.14 bits per heavy atom. The molecule has 28 heavy (non-hydrogen) atoms. The Morgan fingerprint density at radius 2 is 1.86 bits per heavy atom. The van der Waals surface area contributed by atoms with Gasteiger partial charge in [0.15, 0.2) is 5.75 Å². The van der Waals surface area contributed by atoms with Crippen molar-refractivity contribution < 1.29 is 23.9 Å². The molecule has 1 aliphatic rings. The van der Waals surface area contributed by atoms with E-state index in [4.69, 9.17) is 4.74 Å². The first kappa shape index (κ1) is 19.5. The maximum atomic E-state index is 12.5. The van der Waals surface area contributed by atoms with Gasteiger partial charge in [-0.3, -0.25) is 14.5 Å². The second-order valence-corrected chi connectivity index (χ2v) is 6.73. The summed E-state index contributed by atoms with van der Waals surface area (Å²) < 4.78 is 10.4. The average Bonchev–Trinajstić information content (AvgIpc) is 3.03. The highest BCUT2D eigenvalue weighted by molar-refractivity contribution is 8.04. The molecule has 0 aromatic heterocycles. The largest absolute Gasteiger partial charge is 0.466 e. The van der Waals surface area contributed by atoms with Crippen LogP contribution in [0.3, 0.4) is 0 Å². The van der Waals surface area contributed by atoms with Gasteiger partial charge >= 0.3 is 5.97 Å². The number of hydrogen-bond acceptors (Lipinski definition) is 6. The van der Waals surface area contributed by atoms with Crippen molar-refractivity contribution in [1.82, 2.24) is 4.90 Å². The predicted octanol–water partition coefficient (Wildman–Crippen LogP) is 3.01. The highest BCUT2D eigenvalue weighted by Gasteiger charge is 2.29. The van der Waals surface area contributed by atoms with Crippen LogP contribution < -0.4 is 10.1 Å². The maximum Gasteiger partial charge on any atom is 0.333 e. The van der Waals surface area contributed by atoms with Crippen LogP contribution in [0.1, 0.15) is 0 Å².